The van der Waals surface area contributed by atoms with Gasteiger partial charge in [0.1, 0.15) is 0 Å². The quantitative estimate of drug-likeness (QED) is 0.674. The van der Waals surface area contributed by atoms with E-state index < -0.39 is 0 Å². The Morgan fingerprint density at radius 1 is 1.58 bits per heavy atom. The van der Waals surface area contributed by atoms with Gasteiger partial charge in [0, 0.05) is 6.42 Å². The van der Waals surface area contributed by atoms with E-state index >= 15 is 0 Å². The van der Waals surface area contributed by atoms with Crippen LogP contribution >= 0.6 is 0 Å². The summed E-state index contributed by atoms with van der Waals surface area (Å²) in [6.45, 7) is 2.81. The highest BCUT2D eigenvalue weighted by molar-refractivity contribution is 4.80. The molecule has 0 radical (unpaired) electrons. The van der Waals surface area contributed by atoms with Crippen LogP contribution < -0.4 is 5.73 Å². The summed E-state index contributed by atoms with van der Waals surface area (Å²) < 4.78 is 0. The summed E-state index contributed by atoms with van der Waals surface area (Å²) in [6, 6.07) is 0. The normalized spacial score (nSPS) is 13.2. The topological polar surface area (TPSA) is 69.6 Å². The third kappa shape index (κ3) is 2.27. The number of hydrogen-bond donors (Lipinski definition) is 1. The van der Waals surface area contributed by atoms with Gasteiger partial charge in [0.15, 0.2) is 5.82 Å². The molecule has 0 fully saturated rings. The van der Waals surface area contributed by atoms with Crippen LogP contribution in [-0.2, 0) is 13.5 Å². The van der Waals surface area contributed by atoms with Crippen molar-refractivity contribution in [1.29, 1.82) is 0 Å². The zero-order valence-corrected chi connectivity index (χ0v) is 7.56. The summed E-state index contributed by atoms with van der Waals surface area (Å²) in [5.74, 6) is 1.27. The highest BCUT2D eigenvalue weighted by Crippen LogP contribution is 2.05. The van der Waals surface area contributed by atoms with E-state index in [1.165, 1.54) is 4.80 Å². The van der Waals surface area contributed by atoms with E-state index in [9.17, 15) is 0 Å². The number of tetrazole rings is 1. The van der Waals surface area contributed by atoms with E-state index in [4.69, 9.17) is 5.73 Å². The zero-order chi connectivity index (χ0) is 8.97. The third-order valence-electron chi connectivity index (χ3n) is 1.93. The van der Waals surface area contributed by atoms with E-state index in [0.29, 0.717) is 12.5 Å². The Bertz CT molecular complexity index is 227. The van der Waals surface area contributed by atoms with Gasteiger partial charge in [-0.05, 0) is 17.7 Å². The lowest BCUT2D eigenvalue weighted by atomic mass is 10.0. The summed E-state index contributed by atoms with van der Waals surface area (Å²) in [6.07, 6.45) is 1.90. The van der Waals surface area contributed by atoms with Gasteiger partial charge in [0.25, 0.3) is 0 Å². The lowest BCUT2D eigenvalue weighted by Crippen LogP contribution is -2.16. The van der Waals surface area contributed by atoms with Crippen LogP contribution in [0.2, 0.25) is 0 Å². The Morgan fingerprint density at radius 2 is 2.33 bits per heavy atom. The molecule has 1 rings (SSSR count). The summed E-state index contributed by atoms with van der Waals surface area (Å²) >= 11 is 0. The van der Waals surface area contributed by atoms with Crippen molar-refractivity contribution < 1.29 is 0 Å². The van der Waals surface area contributed by atoms with Crippen molar-refractivity contribution in [2.45, 2.75) is 19.8 Å². The first kappa shape index (κ1) is 9.12. The SMILES string of the molecule is CCC(CN)Cc1nnn(C)n1. The summed E-state index contributed by atoms with van der Waals surface area (Å²) in [5, 5.41) is 11.7. The van der Waals surface area contributed by atoms with Gasteiger partial charge in [-0.25, -0.2) is 0 Å². The first-order valence-electron chi connectivity index (χ1n) is 4.19. The molecule has 0 bridgehead atoms. The number of aromatic nitrogens is 4. The van der Waals surface area contributed by atoms with Crippen LogP contribution in [0.5, 0.6) is 0 Å². The molecule has 68 valence electrons. The average molecular weight is 169 g/mol. The first-order valence-corrected chi connectivity index (χ1v) is 4.19. The van der Waals surface area contributed by atoms with Crippen molar-refractivity contribution in [2.75, 3.05) is 6.54 Å². The van der Waals surface area contributed by atoms with E-state index in [0.717, 1.165) is 18.7 Å². The van der Waals surface area contributed by atoms with Gasteiger partial charge in [-0.2, -0.15) is 4.80 Å². The van der Waals surface area contributed by atoms with Crippen molar-refractivity contribution in [3.8, 4) is 0 Å². The van der Waals surface area contributed by atoms with Gasteiger partial charge in [0.05, 0.1) is 7.05 Å². The molecule has 0 aromatic carbocycles. The number of nitrogens with zero attached hydrogens (tertiary/aromatic N) is 4. The second-order valence-corrected chi connectivity index (χ2v) is 2.91. The van der Waals surface area contributed by atoms with Crippen molar-refractivity contribution >= 4 is 0 Å². The van der Waals surface area contributed by atoms with Crippen LogP contribution in [0.4, 0.5) is 0 Å². The fourth-order valence-electron chi connectivity index (χ4n) is 1.06. The molecule has 5 nitrogen and oxygen atoms in total. The van der Waals surface area contributed by atoms with Gasteiger partial charge >= 0.3 is 0 Å². The van der Waals surface area contributed by atoms with Gasteiger partial charge in [0.2, 0.25) is 0 Å². The Kier molecular flexibility index (Phi) is 3.16. The minimum absolute atomic E-state index is 0.481. The predicted molar refractivity (Wildman–Crippen MR) is 45.3 cm³/mol. The largest absolute Gasteiger partial charge is 0.330 e. The molecule has 1 unspecified atom stereocenters. The number of hydrogen-bond acceptors (Lipinski definition) is 4. The van der Waals surface area contributed by atoms with Crippen LogP contribution in [-0.4, -0.2) is 26.8 Å². The molecule has 0 saturated carbocycles. The van der Waals surface area contributed by atoms with Crippen LogP contribution in [0.1, 0.15) is 19.2 Å². The average Bonchev–Trinajstić information content (AvgIpc) is 2.47. The molecular weight excluding hydrogens is 154 g/mol. The number of nitrogens with two attached hydrogens (primary N) is 1. The molecule has 1 heterocycles. The van der Waals surface area contributed by atoms with Crippen LogP contribution in [0.3, 0.4) is 0 Å². The summed E-state index contributed by atoms with van der Waals surface area (Å²) in [4.78, 5) is 1.47. The molecule has 0 aliphatic carbocycles. The number of rotatable bonds is 4. The Balaban J connectivity index is 2.50. The number of aryl methyl sites for hydroxylation is 1. The monoisotopic (exact) mass is 169 g/mol. The second kappa shape index (κ2) is 4.15. The Hall–Kier alpha value is -0.970. The van der Waals surface area contributed by atoms with Gasteiger partial charge in [-0.3, -0.25) is 0 Å². The van der Waals surface area contributed by atoms with Crippen LogP contribution in [0.25, 0.3) is 0 Å². The van der Waals surface area contributed by atoms with Crippen molar-refractivity contribution in [3.63, 3.8) is 0 Å². The molecule has 2 N–H and O–H groups in total. The van der Waals surface area contributed by atoms with E-state index in [1.807, 2.05) is 0 Å². The highest BCUT2D eigenvalue weighted by Gasteiger charge is 2.08. The molecule has 0 spiro atoms. The third-order valence-corrected chi connectivity index (χ3v) is 1.93. The maximum Gasteiger partial charge on any atom is 0.175 e. The molecule has 0 saturated heterocycles. The standard InChI is InChI=1S/C7H15N5/c1-3-6(5-8)4-7-9-11-12(2)10-7/h6H,3-5,8H2,1-2H3. The molecule has 1 atom stereocenters. The zero-order valence-electron chi connectivity index (χ0n) is 7.56. The van der Waals surface area contributed by atoms with Crippen molar-refractivity contribution in [3.05, 3.63) is 5.82 Å². The van der Waals surface area contributed by atoms with Crippen LogP contribution in [0, 0.1) is 5.92 Å². The second-order valence-electron chi connectivity index (χ2n) is 2.91. The van der Waals surface area contributed by atoms with Gasteiger partial charge < -0.3 is 5.73 Å². The Labute approximate surface area is 71.9 Å². The molecule has 0 amide bonds. The fourth-order valence-corrected chi connectivity index (χ4v) is 1.06. The molecular formula is C7H15N5. The lowest BCUT2D eigenvalue weighted by molar-refractivity contribution is 0.503. The molecule has 0 aliphatic heterocycles. The first-order chi connectivity index (χ1) is 5.76. The van der Waals surface area contributed by atoms with Crippen LogP contribution in [0.15, 0.2) is 0 Å². The maximum atomic E-state index is 5.56. The van der Waals surface area contributed by atoms with E-state index in [2.05, 4.69) is 22.3 Å². The van der Waals surface area contributed by atoms with E-state index in [1.54, 1.807) is 7.05 Å². The molecule has 0 aliphatic rings. The summed E-state index contributed by atoms with van der Waals surface area (Å²) in [5.41, 5.74) is 5.56. The summed E-state index contributed by atoms with van der Waals surface area (Å²) in [7, 11) is 1.76. The minimum Gasteiger partial charge on any atom is -0.330 e. The van der Waals surface area contributed by atoms with Crippen molar-refractivity contribution in [2.24, 2.45) is 18.7 Å². The predicted octanol–water partition coefficient (Wildman–Crippen LogP) is -0.262. The van der Waals surface area contributed by atoms with E-state index in [-0.39, 0.29) is 0 Å². The molecule has 12 heavy (non-hydrogen) atoms. The molecule has 1 aromatic heterocycles. The maximum absolute atomic E-state index is 5.56. The fraction of sp³-hybridized carbons (Fsp3) is 0.857. The highest BCUT2D eigenvalue weighted by atomic mass is 15.6. The van der Waals surface area contributed by atoms with Gasteiger partial charge in [-0.15, -0.1) is 10.2 Å². The van der Waals surface area contributed by atoms with Gasteiger partial charge in [-0.1, -0.05) is 13.3 Å². The Morgan fingerprint density at radius 3 is 2.75 bits per heavy atom. The smallest absolute Gasteiger partial charge is 0.175 e. The minimum atomic E-state index is 0.481. The molecule has 1 aromatic rings. The lowest BCUT2D eigenvalue weighted by Gasteiger charge is -2.07. The van der Waals surface area contributed by atoms with Crippen molar-refractivity contribution in [1.82, 2.24) is 20.2 Å². The molecule has 5 heteroatoms.